The fourth-order valence-electron chi connectivity index (χ4n) is 4.45. The van der Waals surface area contributed by atoms with Crippen LogP contribution in [0.4, 0.5) is 4.39 Å². The molecule has 0 bridgehead atoms. The first kappa shape index (κ1) is 23.4. The number of rotatable bonds is 7. The van der Waals surface area contributed by atoms with Crippen LogP contribution in [0.5, 0.6) is 11.5 Å². The van der Waals surface area contributed by atoms with E-state index in [1.54, 1.807) is 6.07 Å². The summed E-state index contributed by atoms with van der Waals surface area (Å²) in [6.07, 6.45) is 4.60. The number of carbonyl (C=O) groups is 2. The molecule has 8 heteroatoms. The van der Waals surface area contributed by atoms with Crippen molar-refractivity contribution in [1.82, 2.24) is 10.2 Å². The third-order valence-corrected chi connectivity index (χ3v) is 6.33. The summed E-state index contributed by atoms with van der Waals surface area (Å²) in [7, 11) is 0. The molecule has 1 N–H and O–H groups in total. The van der Waals surface area contributed by atoms with Crippen molar-refractivity contribution >= 4 is 23.4 Å². The second-order valence-corrected chi connectivity index (χ2v) is 8.74. The lowest BCUT2D eigenvalue weighted by atomic mass is 9.94. The topological polar surface area (TPSA) is 67.9 Å². The van der Waals surface area contributed by atoms with Crippen LogP contribution in [0.25, 0.3) is 0 Å². The van der Waals surface area contributed by atoms with Gasteiger partial charge in [0.05, 0.1) is 6.54 Å². The molecule has 6 nitrogen and oxygen atoms in total. The van der Waals surface area contributed by atoms with E-state index in [1.807, 2.05) is 18.2 Å². The molecule has 0 radical (unpaired) electrons. The zero-order chi connectivity index (χ0) is 23.2. The number of fused-ring (bicyclic) bond motifs is 1. The van der Waals surface area contributed by atoms with Crippen molar-refractivity contribution in [2.24, 2.45) is 0 Å². The minimum atomic E-state index is -0.959. The molecule has 2 aromatic rings. The van der Waals surface area contributed by atoms with Crippen LogP contribution in [-0.2, 0) is 9.59 Å². The zero-order valence-electron chi connectivity index (χ0n) is 18.3. The van der Waals surface area contributed by atoms with Crippen LogP contribution in [0.3, 0.4) is 0 Å². The van der Waals surface area contributed by atoms with Gasteiger partial charge < -0.3 is 19.7 Å². The van der Waals surface area contributed by atoms with Gasteiger partial charge in [0.1, 0.15) is 24.3 Å². The van der Waals surface area contributed by atoms with Gasteiger partial charge in [0.25, 0.3) is 0 Å². The van der Waals surface area contributed by atoms with Gasteiger partial charge in [-0.05, 0) is 42.7 Å². The van der Waals surface area contributed by atoms with Crippen molar-refractivity contribution in [3.05, 3.63) is 59.9 Å². The molecule has 0 saturated heterocycles. The van der Waals surface area contributed by atoms with Crippen molar-refractivity contribution in [3.63, 3.8) is 0 Å². The van der Waals surface area contributed by atoms with Gasteiger partial charge in [0.2, 0.25) is 11.8 Å². The zero-order valence-corrected chi connectivity index (χ0v) is 19.1. The minimum absolute atomic E-state index is 0.0586. The predicted octanol–water partition coefficient (Wildman–Crippen LogP) is 4.22. The number of hydrogen-bond donors (Lipinski definition) is 1. The van der Waals surface area contributed by atoms with E-state index in [0.717, 1.165) is 32.1 Å². The summed E-state index contributed by atoms with van der Waals surface area (Å²) in [4.78, 5) is 27.9. The van der Waals surface area contributed by atoms with E-state index in [1.165, 1.54) is 29.2 Å². The molecular formula is C25H28ClFN2O4. The van der Waals surface area contributed by atoms with Gasteiger partial charge in [-0.15, -0.1) is 11.6 Å². The van der Waals surface area contributed by atoms with E-state index in [4.69, 9.17) is 21.1 Å². The number of nitrogens with one attached hydrogen (secondary N) is 1. The van der Waals surface area contributed by atoms with Crippen molar-refractivity contribution < 1.29 is 23.5 Å². The fourth-order valence-corrected chi connectivity index (χ4v) is 4.60. The molecular weight excluding hydrogens is 447 g/mol. The quantitative estimate of drug-likeness (QED) is 0.610. The Morgan fingerprint density at radius 2 is 1.76 bits per heavy atom. The first-order chi connectivity index (χ1) is 16.0. The Kier molecular flexibility index (Phi) is 7.70. The van der Waals surface area contributed by atoms with Crippen molar-refractivity contribution in [3.8, 4) is 11.5 Å². The number of amides is 2. The van der Waals surface area contributed by atoms with E-state index < -0.39 is 23.9 Å². The molecule has 1 aliphatic heterocycles. The lowest BCUT2D eigenvalue weighted by Crippen LogP contribution is -2.51. The van der Waals surface area contributed by atoms with E-state index in [9.17, 15) is 14.0 Å². The maximum atomic E-state index is 13.6. The highest BCUT2D eigenvalue weighted by Crippen LogP contribution is 2.32. The molecule has 0 unspecified atom stereocenters. The van der Waals surface area contributed by atoms with Gasteiger partial charge in [-0.1, -0.05) is 43.5 Å². The summed E-state index contributed by atoms with van der Waals surface area (Å²) in [6.45, 7) is 0.323. The van der Waals surface area contributed by atoms with Gasteiger partial charge >= 0.3 is 0 Å². The van der Waals surface area contributed by atoms with E-state index >= 15 is 0 Å². The number of hydrogen-bond acceptors (Lipinski definition) is 4. The Balaban J connectivity index is 1.59. The normalized spacial score (nSPS) is 18.9. The Bertz CT molecular complexity index is 965. The Hall–Kier alpha value is -2.80. The molecule has 0 aromatic heterocycles. The lowest BCUT2D eigenvalue weighted by molar-refractivity contribution is -0.141. The molecule has 1 saturated carbocycles. The van der Waals surface area contributed by atoms with Crippen LogP contribution in [-0.4, -0.2) is 47.9 Å². The molecule has 2 amide bonds. The number of halogens is 2. The van der Waals surface area contributed by atoms with Crippen LogP contribution < -0.4 is 14.8 Å². The first-order valence-corrected chi connectivity index (χ1v) is 11.9. The number of alkyl halides is 1. The standard InChI is InChI=1S/C25H28ClFN2O4/c26-14-23(30)29(15-20-16-32-21-8-4-5-9-22(21)33-20)24(17-10-12-18(27)13-11-17)25(31)28-19-6-2-1-3-7-19/h4-5,8-13,19-20,24H,1-3,6-7,14-16H2,(H,28,31)/t20-,24-/m0/s1. The molecule has 1 fully saturated rings. The highest BCUT2D eigenvalue weighted by molar-refractivity contribution is 6.27. The number of carbonyl (C=O) groups excluding carboxylic acids is 2. The highest BCUT2D eigenvalue weighted by atomic mass is 35.5. The predicted molar refractivity (Wildman–Crippen MR) is 123 cm³/mol. The average Bonchev–Trinajstić information content (AvgIpc) is 2.85. The van der Waals surface area contributed by atoms with Gasteiger partial charge in [-0.25, -0.2) is 4.39 Å². The third kappa shape index (κ3) is 5.77. The van der Waals surface area contributed by atoms with Gasteiger partial charge in [0.15, 0.2) is 17.6 Å². The first-order valence-electron chi connectivity index (χ1n) is 11.3. The Morgan fingerprint density at radius 3 is 2.45 bits per heavy atom. The molecule has 2 aromatic carbocycles. The van der Waals surface area contributed by atoms with Crippen LogP contribution in [0.1, 0.15) is 43.7 Å². The van der Waals surface area contributed by atoms with Crippen molar-refractivity contribution in [1.29, 1.82) is 0 Å². The Morgan fingerprint density at radius 1 is 1.06 bits per heavy atom. The third-order valence-electron chi connectivity index (χ3n) is 6.10. The number of ether oxygens (including phenoxy) is 2. The number of benzene rings is 2. The van der Waals surface area contributed by atoms with E-state index in [-0.39, 0.29) is 31.0 Å². The second-order valence-electron chi connectivity index (χ2n) is 8.47. The molecule has 0 spiro atoms. The van der Waals surface area contributed by atoms with Gasteiger partial charge in [-0.3, -0.25) is 9.59 Å². The number of nitrogens with zero attached hydrogens (tertiary/aromatic N) is 1. The van der Waals surface area contributed by atoms with Gasteiger partial charge in [0, 0.05) is 6.04 Å². The molecule has 2 aliphatic rings. The van der Waals surface area contributed by atoms with Crippen LogP contribution in [0, 0.1) is 5.82 Å². The summed E-state index contributed by atoms with van der Waals surface area (Å²) in [5, 5.41) is 3.10. The minimum Gasteiger partial charge on any atom is -0.486 e. The molecule has 1 heterocycles. The van der Waals surface area contributed by atoms with Crippen LogP contribution >= 0.6 is 11.6 Å². The maximum absolute atomic E-state index is 13.6. The monoisotopic (exact) mass is 474 g/mol. The molecule has 4 rings (SSSR count). The van der Waals surface area contributed by atoms with Crippen molar-refractivity contribution in [2.45, 2.75) is 50.3 Å². The summed E-state index contributed by atoms with van der Waals surface area (Å²) < 4.78 is 25.5. The number of para-hydroxylation sites is 2. The highest BCUT2D eigenvalue weighted by Gasteiger charge is 2.35. The van der Waals surface area contributed by atoms with Crippen LogP contribution in [0.15, 0.2) is 48.5 Å². The molecule has 33 heavy (non-hydrogen) atoms. The lowest BCUT2D eigenvalue weighted by Gasteiger charge is -2.36. The summed E-state index contributed by atoms with van der Waals surface area (Å²) >= 11 is 5.94. The van der Waals surface area contributed by atoms with E-state index in [2.05, 4.69) is 5.32 Å². The van der Waals surface area contributed by atoms with Gasteiger partial charge in [-0.2, -0.15) is 0 Å². The van der Waals surface area contributed by atoms with E-state index in [0.29, 0.717) is 17.1 Å². The van der Waals surface area contributed by atoms with Crippen molar-refractivity contribution in [2.75, 3.05) is 19.0 Å². The summed E-state index contributed by atoms with van der Waals surface area (Å²) in [5.41, 5.74) is 0.514. The summed E-state index contributed by atoms with van der Waals surface area (Å²) in [5.74, 6) is -0.207. The molecule has 2 atom stereocenters. The van der Waals surface area contributed by atoms with Crippen LogP contribution in [0.2, 0.25) is 0 Å². The fraction of sp³-hybridized carbons (Fsp3) is 0.440. The summed E-state index contributed by atoms with van der Waals surface area (Å²) in [6, 6.07) is 12.0. The second kappa shape index (κ2) is 10.9. The largest absolute Gasteiger partial charge is 0.486 e. The SMILES string of the molecule is O=C(NC1CCCCC1)[C@H](c1ccc(F)cc1)N(C[C@H]1COc2ccccc2O1)C(=O)CCl. The smallest absolute Gasteiger partial charge is 0.247 e. The molecule has 1 aliphatic carbocycles. The maximum Gasteiger partial charge on any atom is 0.247 e. The molecule has 176 valence electrons. The average molecular weight is 475 g/mol. The Labute approximate surface area is 198 Å².